The second kappa shape index (κ2) is 4.86. The highest BCUT2D eigenvalue weighted by Gasteiger charge is 2.15. The van der Waals surface area contributed by atoms with E-state index in [9.17, 15) is 10.1 Å². The van der Waals surface area contributed by atoms with Gasteiger partial charge in [-0.2, -0.15) is 0 Å². The van der Waals surface area contributed by atoms with Crippen LogP contribution in [-0.4, -0.2) is 21.6 Å². The van der Waals surface area contributed by atoms with Gasteiger partial charge in [-0.3, -0.25) is 10.1 Å². The Morgan fingerprint density at radius 1 is 1.73 bits per heavy atom. The molecule has 1 aromatic rings. The fraction of sp³-hybridized carbons (Fsp3) is 0.222. The number of nitro groups is 1. The molecule has 0 saturated carbocycles. The van der Waals surface area contributed by atoms with Crippen LogP contribution in [0.5, 0.6) is 0 Å². The summed E-state index contributed by atoms with van der Waals surface area (Å²) in [6.07, 6.45) is 3.04. The highest BCUT2D eigenvalue weighted by atomic mass is 35.5. The quantitative estimate of drug-likeness (QED) is 0.487. The molecule has 0 unspecified atom stereocenters. The summed E-state index contributed by atoms with van der Waals surface area (Å²) in [6, 6.07) is 1.33. The van der Waals surface area contributed by atoms with Crippen LogP contribution in [0.1, 0.15) is 11.3 Å². The Bertz CT molecular complexity index is 418. The van der Waals surface area contributed by atoms with Gasteiger partial charge in [-0.1, -0.05) is 23.8 Å². The maximum absolute atomic E-state index is 10.6. The molecule has 80 valence electrons. The van der Waals surface area contributed by atoms with Gasteiger partial charge in [0.05, 0.1) is 11.5 Å². The fourth-order valence-corrected chi connectivity index (χ4v) is 1.31. The fourth-order valence-electron chi connectivity index (χ4n) is 1.06. The average Bonchev–Trinajstić information content (AvgIpc) is 2.16. The number of rotatable bonds is 3. The summed E-state index contributed by atoms with van der Waals surface area (Å²) in [6.45, 7) is 1.56. The zero-order chi connectivity index (χ0) is 11.4. The van der Waals surface area contributed by atoms with E-state index in [1.54, 1.807) is 13.0 Å². The van der Waals surface area contributed by atoms with Crippen molar-refractivity contribution < 1.29 is 10.0 Å². The second-order valence-corrected chi connectivity index (χ2v) is 3.17. The van der Waals surface area contributed by atoms with Crippen LogP contribution >= 0.6 is 11.6 Å². The van der Waals surface area contributed by atoms with Crippen LogP contribution in [0, 0.1) is 17.0 Å². The third-order valence-electron chi connectivity index (χ3n) is 1.79. The van der Waals surface area contributed by atoms with Gasteiger partial charge in [-0.15, -0.1) is 0 Å². The van der Waals surface area contributed by atoms with Gasteiger partial charge >= 0.3 is 5.69 Å². The summed E-state index contributed by atoms with van der Waals surface area (Å²) in [7, 11) is 0. The predicted molar refractivity (Wildman–Crippen MR) is 56.8 cm³/mol. The minimum atomic E-state index is -0.592. The molecule has 1 heterocycles. The third-order valence-corrected chi connectivity index (χ3v) is 2.06. The van der Waals surface area contributed by atoms with Crippen LogP contribution in [0.3, 0.4) is 0 Å². The smallest absolute Gasteiger partial charge is 0.307 e. The number of halogens is 1. The second-order valence-electron chi connectivity index (χ2n) is 2.81. The van der Waals surface area contributed by atoms with Crippen molar-refractivity contribution in [3.63, 3.8) is 0 Å². The topological polar surface area (TPSA) is 76.3 Å². The lowest BCUT2D eigenvalue weighted by molar-refractivity contribution is -0.385. The molecule has 0 bridgehead atoms. The number of hydrogen-bond donors (Lipinski definition) is 1. The van der Waals surface area contributed by atoms with Crippen LogP contribution in [0.4, 0.5) is 5.69 Å². The van der Waals surface area contributed by atoms with Crippen LogP contribution in [0.2, 0.25) is 5.15 Å². The summed E-state index contributed by atoms with van der Waals surface area (Å²) in [4.78, 5) is 13.8. The summed E-state index contributed by atoms with van der Waals surface area (Å²) in [5.41, 5.74) is 0.912. The molecule has 0 radical (unpaired) electrons. The molecule has 0 aliphatic rings. The van der Waals surface area contributed by atoms with Crippen molar-refractivity contribution in [3.05, 3.63) is 38.7 Å². The lowest BCUT2D eigenvalue weighted by Crippen LogP contribution is -1.95. The van der Waals surface area contributed by atoms with Gasteiger partial charge in [-0.25, -0.2) is 4.98 Å². The highest BCUT2D eigenvalue weighted by molar-refractivity contribution is 6.31. The molecule has 0 saturated heterocycles. The van der Waals surface area contributed by atoms with E-state index < -0.39 is 4.92 Å². The molecular formula is C9H9ClN2O3. The Hall–Kier alpha value is -1.46. The van der Waals surface area contributed by atoms with Crippen LogP contribution < -0.4 is 0 Å². The van der Waals surface area contributed by atoms with Gasteiger partial charge in [0.25, 0.3) is 0 Å². The SMILES string of the molecule is Cc1nc(Cl)c([N+](=O)[O-])cc1C=CCO. The molecule has 6 heteroatoms. The predicted octanol–water partition coefficient (Wildman–Crippen LogP) is 1.96. The molecular weight excluding hydrogens is 220 g/mol. The molecule has 0 aromatic carbocycles. The zero-order valence-electron chi connectivity index (χ0n) is 7.98. The van der Waals surface area contributed by atoms with Gasteiger partial charge < -0.3 is 5.11 Å². The average molecular weight is 229 g/mol. The first-order chi connectivity index (χ1) is 7.06. The van der Waals surface area contributed by atoms with Crippen LogP contribution in [-0.2, 0) is 0 Å². The van der Waals surface area contributed by atoms with Crippen molar-refractivity contribution in [1.29, 1.82) is 0 Å². The van der Waals surface area contributed by atoms with Crippen molar-refractivity contribution in [2.24, 2.45) is 0 Å². The van der Waals surface area contributed by atoms with Gasteiger partial charge in [-0.05, 0) is 6.92 Å². The van der Waals surface area contributed by atoms with Crippen molar-refractivity contribution in [2.75, 3.05) is 6.61 Å². The summed E-state index contributed by atoms with van der Waals surface area (Å²) < 4.78 is 0. The van der Waals surface area contributed by atoms with Crippen LogP contribution in [0.15, 0.2) is 12.1 Å². The van der Waals surface area contributed by atoms with E-state index in [2.05, 4.69) is 4.98 Å². The van der Waals surface area contributed by atoms with E-state index >= 15 is 0 Å². The van der Waals surface area contributed by atoms with Crippen molar-refractivity contribution in [2.45, 2.75) is 6.92 Å². The maximum Gasteiger partial charge on any atom is 0.307 e. The lowest BCUT2D eigenvalue weighted by atomic mass is 10.2. The summed E-state index contributed by atoms with van der Waals surface area (Å²) in [5, 5.41) is 19.0. The monoisotopic (exact) mass is 228 g/mol. The molecule has 0 aliphatic heterocycles. The maximum atomic E-state index is 10.6. The lowest BCUT2D eigenvalue weighted by Gasteiger charge is -2.01. The minimum Gasteiger partial charge on any atom is -0.392 e. The Kier molecular flexibility index (Phi) is 3.76. The van der Waals surface area contributed by atoms with E-state index in [0.717, 1.165) is 0 Å². The van der Waals surface area contributed by atoms with E-state index in [-0.39, 0.29) is 17.4 Å². The summed E-state index contributed by atoms with van der Waals surface area (Å²) in [5.74, 6) is 0. The molecule has 0 fully saturated rings. The van der Waals surface area contributed by atoms with E-state index in [4.69, 9.17) is 16.7 Å². The largest absolute Gasteiger partial charge is 0.392 e. The Morgan fingerprint density at radius 2 is 2.40 bits per heavy atom. The van der Waals surface area contributed by atoms with Crippen molar-refractivity contribution >= 4 is 23.4 Å². The first kappa shape index (κ1) is 11.6. The highest BCUT2D eigenvalue weighted by Crippen LogP contribution is 2.25. The number of nitrogens with zero attached hydrogens (tertiary/aromatic N) is 2. The van der Waals surface area contributed by atoms with Gasteiger partial charge in [0.15, 0.2) is 0 Å². The number of pyridine rings is 1. The number of hydrogen-bond acceptors (Lipinski definition) is 4. The molecule has 1 rings (SSSR count). The van der Waals surface area contributed by atoms with Gasteiger partial charge in [0.1, 0.15) is 0 Å². The molecule has 0 spiro atoms. The third kappa shape index (κ3) is 2.74. The van der Waals surface area contributed by atoms with Gasteiger partial charge in [0.2, 0.25) is 5.15 Å². The number of aliphatic hydroxyl groups excluding tert-OH is 1. The Labute approximate surface area is 91.2 Å². The van der Waals surface area contributed by atoms with E-state index in [1.807, 2.05) is 0 Å². The summed E-state index contributed by atoms with van der Waals surface area (Å²) >= 11 is 5.60. The van der Waals surface area contributed by atoms with Crippen molar-refractivity contribution in [1.82, 2.24) is 4.98 Å². The van der Waals surface area contributed by atoms with Gasteiger partial charge in [0, 0.05) is 17.3 Å². The normalized spacial score (nSPS) is 10.9. The number of aromatic nitrogens is 1. The molecule has 0 aliphatic carbocycles. The zero-order valence-corrected chi connectivity index (χ0v) is 8.73. The number of aryl methyl sites for hydroxylation is 1. The standard InChI is InChI=1S/C9H9ClN2O3/c1-6-7(3-2-4-13)5-8(12(14)15)9(10)11-6/h2-3,5,13H,4H2,1H3. The van der Waals surface area contributed by atoms with Crippen molar-refractivity contribution in [3.8, 4) is 0 Å². The van der Waals surface area contributed by atoms with E-state index in [1.165, 1.54) is 12.1 Å². The molecule has 15 heavy (non-hydrogen) atoms. The van der Waals surface area contributed by atoms with Crippen LogP contribution in [0.25, 0.3) is 6.08 Å². The molecule has 1 N–H and O–H groups in total. The molecule has 1 aromatic heterocycles. The molecule has 0 atom stereocenters. The molecule has 0 amide bonds. The Morgan fingerprint density at radius 3 is 2.93 bits per heavy atom. The minimum absolute atomic E-state index is 0.126. The first-order valence-electron chi connectivity index (χ1n) is 4.15. The molecule has 5 nitrogen and oxygen atoms in total. The number of aliphatic hydroxyl groups is 1. The first-order valence-corrected chi connectivity index (χ1v) is 4.53. The van der Waals surface area contributed by atoms with E-state index in [0.29, 0.717) is 11.3 Å². The Balaban J connectivity index is 3.23.